The van der Waals surface area contributed by atoms with Crippen LogP contribution < -0.4 is 10.1 Å². The molecule has 2 aromatic carbocycles. The smallest absolute Gasteiger partial charge is 0.406 e. The summed E-state index contributed by atoms with van der Waals surface area (Å²) in [4.78, 5) is 12.1. The van der Waals surface area contributed by atoms with Gasteiger partial charge in [0.25, 0.3) is 0 Å². The minimum Gasteiger partial charge on any atom is -0.406 e. The molecule has 1 N–H and O–H groups in total. The van der Waals surface area contributed by atoms with Gasteiger partial charge in [-0.15, -0.1) is 13.2 Å². The lowest BCUT2D eigenvalue weighted by Crippen LogP contribution is -2.18. The fourth-order valence-electron chi connectivity index (χ4n) is 2.90. The summed E-state index contributed by atoms with van der Waals surface area (Å²) in [6.07, 6.45) is -1.34. The molecular formula is C18H16F3NO2. The first-order valence-corrected chi connectivity index (χ1v) is 7.65. The lowest BCUT2D eigenvalue weighted by molar-refractivity contribution is -0.274. The largest absolute Gasteiger partial charge is 0.573 e. The van der Waals surface area contributed by atoms with Crippen LogP contribution in [0.25, 0.3) is 0 Å². The molecule has 0 heterocycles. The van der Waals surface area contributed by atoms with Crippen molar-refractivity contribution in [2.75, 3.05) is 5.32 Å². The number of alkyl halides is 3. The number of fused-ring (bicyclic) bond motifs is 1. The number of carbonyl (C=O) groups excluding carboxylic acids is 1. The maximum atomic E-state index is 12.2. The highest BCUT2D eigenvalue weighted by atomic mass is 19.4. The molecular weight excluding hydrogens is 319 g/mol. The number of hydrogen-bond donors (Lipinski definition) is 1. The number of nitrogens with one attached hydrogen (secondary N) is 1. The van der Waals surface area contributed by atoms with Crippen LogP contribution in [-0.2, 0) is 24.1 Å². The van der Waals surface area contributed by atoms with Crippen LogP contribution in [0.5, 0.6) is 5.75 Å². The SMILES string of the molecule is O=C(Cc1ccc2c(c1)CCC2)Nc1cccc(OC(F)(F)F)c1. The second-order valence-electron chi connectivity index (χ2n) is 5.76. The van der Waals surface area contributed by atoms with E-state index in [2.05, 4.69) is 10.1 Å². The number of ether oxygens (including phenoxy) is 1. The fraction of sp³-hybridized carbons (Fsp3) is 0.278. The number of amides is 1. The van der Waals surface area contributed by atoms with Gasteiger partial charge in [-0.05, 0) is 48.1 Å². The third-order valence-corrected chi connectivity index (χ3v) is 3.88. The van der Waals surface area contributed by atoms with E-state index in [9.17, 15) is 18.0 Å². The van der Waals surface area contributed by atoms with Gasteiger partial charge in [0.2, 0.25) is 5.91 Å². The van der Waals surface area contributed by atoms with Crippen LogP contribution in [0.2, 0.25) is 0 Å². The lowest BCUT2D eigenvalue weighted by atomic mass is 10.0. The number of aryl methyl sites for hydroxylation is 2. The molecule has 6 heteroatoms. The first-order chi connectivity index (χ1) is 11.4. The van der Waals surface area contributed by atoms with E-state index in [1.54, 1.807) is 0 Å². The van der Waals surface area contributed by atoms with Crippen LogP contribution in [0.15, 0.2) is 42.5 Å². The Bertz CT molecular complexity index is 756. The molecule has 1 aliphatic rings. The van der Waals surface area contributed by atoms with Gasteiger partial charge in [0.1, 0.15) is 5.75 Å². The van der Waals surface area contributed by atoms with E-state index >= 15 is 0 Å². The van der Waals surface area contributed by atoms with Crippen LogP contribution in [0, 0.1) is 0 Å². The van der Waals surface area contributed by atoms with Crippen molar-refractivity contribution in [1.29, 1.82) is 0 Å². The number of halogens is 3. The molecule has 1 amide bonds. The molecule has 1 aliphatic carbocycles. The number of rotatable bonds is 4. The quantitative estimate of drug-likeness (QED) is 0.907. The molecule has 0 saturated heterocycles. The van der Waals surface area contributed by atoms with E-state index in [0.717, 1.165) is 30.9 Å². The highest BCUT2D eigenvalue weighted by Gasteiger charge is 2.31. The van der Waals surface area contributed by atoms with E-state index < -0.39 is 6.36 Å². The lowest BCUT2D eigenvalue weighted by Gasteiger charge is -2.11. The zero-order valence-corrected chi connectivity index (χ0v) is 12.8. The van der Waals surface area contributed by atoms with Crippen molar-refractivity contribution >= 4 is 11.6 Å². The van der Waals surface area contributed by atoms with E-state index in [-0.39, 0.29) is 23.8 Å². The van der Waals surface area contributed by atoms with Crippen LogP contribution >= 0.6 is 0 Å². The molecule has 0 saturated carbocycles. The molecule has 126 valence electrons. The number of carbonyl (C=O) groups is 1. The normalized spacial score (nSPS) is 13.5. The minimum absolute atomic E-state index is 0.178. The molecule has 2 aromatic rings. The summed E-state index contributed by atoms with van der Waals surface area (Å²) in [5.41, 5.74) is 3.77. The second-order valence-corrected chi connectivity index (χ2v) is 5.76. The van der Waals surface area contributed by atoms with Crippen molar-refractivity contribution in [3.8, 4) is 5.75 Å². The van der Waals surface area contributed by atoms with Gasteiger partial charge in [-0.3, -0.25) is 4.79 Å². The van der Waals surface area contributed by atoms with Crippen molar-refractivity contribution in [1.82, 2.24) is 0 Å². The summed E-state index contributed by atoms with van der Waals surface area (Å²) in [6, 6.07) is 11.2. The maximum absolute atomic E-state index is 12.2. The van der Waals surface area contributed by atoms with Gasteiger partial charge >= 0.3 is 6.36 Å². The van der Waals surface area contributed by atoms with Crippen molar-refractivity contribution in [2.45, 2.75) is 32.0 Å². The molecule has 0 bridgehead atoms. The van der Waals surface area contributed by atoms with Crippen molar-refractivity contribution < 1.29 is 22.7 Å². The standard InChI is InChI=1S/C18H16F3NO2/c19-18(20,21)24-16-6-2-5-15(11-16)22-17(23)10-12-7-8-13-3-1-4-14(13)9-12/h2,5-9,11H,1,3-4,10H2,(H,22,23). The number of hydrogen-bond acceptors (Lipinski definition) is 2. The molecule has 0 fully saturated rings. The minimum atomic E-state index is -4.76. The summed E-state index contributed by atoms with van der Waals surface area (Å²) < 4.78 is 40.5. The molecule has 0 radical (unpaired) electrons. The number of anilines is 1. The Balaban J connectivity index is 1.63. The Morgan fingerprint density at radius 1 is 1.08 bits per heavy atom. The molecule has 24 heavy (non-hydrogen) atoms. The molecule has 0 unspecified atom stereocenters. The number of benzene rings is 2. The van der Waals surface area contributed by atoms with Crippen LogP contribution in [-0.4, -0.2) is 12.3 Å². The summed E-state index contributed by atoms with van der Waals surface area (Å²) in [6.45, 7) is 0. The highest BCUT2D eigenvalue weighted by Crippen LogP contribution is 2.26. The predicted molar refractivity (Wildman–Crippen MR) is 83.9 cm³/mol. The predicted octanol–water partition coefficient (Wildman–Crippen LogP) is 4.26. The molecule has 0 aromatic heterocycles. The van der Waals surface area contributed by atoms with Gasteiger partial charge in [0.05, 0.1) is 6.42 Å². The van der Waals surface area contributed by atoms with Crippen LogP contribution in [0.1, 0.15) is 23.1 Å². The zero-order chi connectivity index (χ0) is 17.2. The Morgan fingerprint density at radius 2 is 1.88 bits per heavy atom. The summed E-state index contributed by atoms with van der Waals surface area (Å²) >= 11 is 0. The fourth-order valence-corrected chi connectivity index (χ4v) is 2.90. The summed E-state index contributed by atoms with van der Waals surface area (Å²) in [5, 5.41) is 2.60. The molecule has 0 aliphatic heterocycles. The van der Waals surface area contributed by atoms with E-state index in [1.807, 2.05) is 18.2 Å². The Hall–Kier alpha value is -2.50. The summed E-state index contributed by atoms with van der Waals surface area (Å²) in [5.74, 6) is -0.644. The zero-order valence-electron chi connectivity index (χ0n) is 12.8. The third kappa shape index (κ3) is 4.28. The second kappa shape index (κ2) is 6.55. The highest BCUT2D eigenvalue weighted by molar-refractivity contribution is 5.92. The van der Waals surface area contributed by atoms with Crippen molar-refractivity contribution in [3.05, 3.63) is 59.2 Å². The van der Waals surface area contributed by atoms with E-state index in [4.69, 9.17) is 0 Å². The van der Waals surface area contributed by atoms with Gasteiger partial charge in [-0.2, -0.15) is 0 Å². The van der Waals surface area contributed by atoms with Gasteiger partial charge in [0, 0.05) is 11.8 Å². The first kappa shape index (κ1) is 16.4. The molecule has 3 nitrogen and oxygen atoms in total. The third-order valence-electron chi connectivity index (χ3n) is 3.88. The first-order valence-electron chi connectivity index (χ1n) is 7.65. The van der Waals surface area contributed by atoms with Gasteiger partial charge in [0.15, 0.2) is 0 Å². The van der Waals surface area contributed by atoms with Crippen LogP contribution in [0.4, 0.5) is 18.9 Å². The Morgan fingerprint density at radius 3 is 2.67 bits per heavy atom. The Kier molecular flexibility index (Phi) is 4.46. The Labute approximate surface area is 137 Å². The topological polar surface area (TPSA) is 38.3 Å². The van der Waals surface area contributed by atoms with Crippen molar-refractivity contribution in [2.24, 2.45) is 0 Å². The average molecular weight is 335 g/mol. The molecule has 3 rings (SSSR count). The summed E-state index contributed by atoms with van der Waals surface area (Å²) in [7, 11) is 0. The van der Waals surface area contributed by atoms with E-state index in [0.29, 0.717) is 0 Å². The van der Waals surface area contributed by atoms with Crippen molar-refractivity contribution in [3.63, 3.8) is 0 Å². The van der Waals surface area contributed by atoms with Gasteiger partial charge < -0.3 is 10.1 Å². The van der Waals surface area contributed by atoms with Gasteiger partial charge in [-0.25, -0.2) is 0 Å². The monoisotopic (exact) mass is 335 g/mol. The molecule has 0 atom stereocenters. The van der Waals surface area contributed by atoms with Gasteiger partial charge in [-0.1, -0.05) is 24.3 Å². The average Bonchev–Trinajstić information content (AvgIpc) is 2.93. The van der Waals surface area contributed by atoms with Crippen LogP contribution in [0.3, 0.4) is 0 Å². The molecule has 0 spiro atoms. The van der Waals surface area contributed by atoms with E-state index in [1.165, 1.54) is 29.3 Å². The maximum Gasteiger partial charge on any atom is 0.573 e.